The lowest BCUT2D eigenvalue weighted by molar-refractivity contribution is 0.101. The van der Waals surface area contributed by atoms with E-state index in [1.165, 1.54) is 17.1 Å². The summed E-state index contributed by atoms with van der Waals surface area (Å²) in [7, 11) is 0. The third-order valence-electron chi connectivity index (χ3n) is 6.69. The molecule has 2 aliphatic rings. The Morgan fingerprint density at radius 2 is 2.06 bits per heavy atom. The molecule has 11 heteroatoms. The number of halogens is 2. The average molecular weight is 485 g/mol. The summed E-state index contributed by atoms with van der Waals surface area (Å²) in [5.74, 6) is 0.372. The van der Waals surface area contributed by atoms with Crippen LogP contribution in [0, 0.1) is 12.8 Å². The van der Waals surface area contributed by atoms with Crippen LogP contribution >= 0.6 is 11.3 Å². The molecular weight excluding hydrogens is 462 g/mol. The number of amides is 1. The maximum Gasteiger partial charge on any atom is 0.281 e. The molecule has 0 aliphatic heterocycles. The summed E-state index contributed by atoms with van der Waals surface area (Å²) in [4.78, 5) is 37.5. The molecule has 0 unspecified atom stereocenters. The van der Waals surface area contributed by atoms with Crippen LogP contribution < -0.4 is 11.0 Å². The number of alkyl halides is 2. The highest BCUT2D eigenvalue weighted by molar-refractivity contribution is 7.18. The summed E-state index contributed by atoms with van der Waals surface area (Å²) in [6, 6.07) is 1.36. The predicted molar refractivity (Wildman–Crippen MR) is 123 cm³/mol. The topological polar surface area (TPSA) is 94.2 Å². The molecule has 1 amide bonds. The van der Waals surface area contributed by atoms with Crippen LogP contribution in [0.15, 0.2) is 17.1 Å². The molecule has 8 nitrogen and oxygen atoms in total. The van der Waals surface area contributed by atoms with Crippen LogP contribution in [0.1, 0.15) is 76.5 Å². The van der Waals surface area contributed by atoms with Gasteiger partial charge in [-0.2, -0.15) is 5.10 Å². The van der Waals surface area contributed by atoms with Gasteiger partial charge in [0.2, 0.25) is 0 Å². The monoisotopic (exact) mass is 484 g/mol. The first-order valence-electron chi connectivity index (χ1n) is 11.3. The number of nitrogens with one attached hydrogen (secondary N) is 1. The fourth-order valence-corrected chi connectivity index (χ4v) is 6.11. The molecule has 6 rings (SSSR count). The van der Waals surface area contributed by atoms with Crippen molar-refractivity contribution in [1.82, 2.24) is 24.3 Å². The second-order valence-corrected chi connectivity index (χ2v) is 10.3. The zero-order chi connectivity index (χ0) is 23.7. The lowest BCUT2D eigenvalue weighted by Crippen LogP contribution is -2.35. The summed E-state index contributed by atoms with van der Waals surface area (Å²) in [5.41, 5.74) is 3.61. The largest absolute Gasteiger partial charge is 0.281 e. The minimum absolute atomic E-state index is 0.0250. The Balaban J connectivity index is 1.42. The maximum absolute atomic E-state index is 13.7. The molecule has 0 aromatic carbocycles. The van der Waals surface area contributed by atoms with E-state index in [0.29, 0.717) is 27.7 Å². The lowest BCUT2D eigenvalue weighted by atomic mass is 9.89. The first-order valence-corrected chi connectivity index (χ1v) is 12.2. The summed E-state index contributed by atoms with van der Waals surface area (Å²) in [5, 5.41) is 4.53. The van der Waals surface area contributed by atoms with Gasteiger partial charge in [0.25, 0.3) is 17.9 Å². The zero-order valence-electron chi connectivity index (χ0n) is 18.6. The van der Waals surface area contributed by atoms with E-state index >= 15 is 0 Å². The molecule has 4 heterocycles. The molecule has 0 saturated heterocycles. The van der Waals surface area contributed by atoms with Gasteiger partial charge in [0.1, 0.15) is 21.9 Å². The number of hydrogen-bond acceptors (Lipinski definition) is 6. The van der Waals surface area contributed by atoms with E-state index < -0.39 is 12.3 Å². The minimum atomic E-state index is -2.76. The van der Waals surface area contributed by atoms with E-state index in [-0.39, 0.29) is 28.4 Å². The Morgan fingerprint density at radius 1 is 1.26 bits per heavy atom. The van der Waals surface area contributed by atoms with Crippen molar-refractivity contribution in [2.45, 2.75) is 58.3 Å². The van der Waals surface area contributed by atoms with Crippen molar-refractivity contribution >= 4 is 33.1 Å². The van der Waals surface area contributed by atoms with Gasteiger partial charge in [-0.3, -0.25) is 15.0 Å². The summed E-state index contributed by atoms with van der Waals surface area (Å²) < 4.78 is 29.5. The molecule has 176 valence electrons. The Kier molecular flexibility index (Phi) is 4.80. The molecule has 4 aromatic heterocycles. The van der Waals surface area contributed by atoms with E-state index in [1.807, 2.05) is 0 Å². The lowest BCUT2D eigenvalue weighted by Gasteiger charge is -2.17. The molecule has 0 spiro atoms. The number of hydrogen-bond donors (Lipinski definition) is 1. The molecule has 1 atom stereocenters. The second-order valence-electron chi connectivity index (χ2n) is 9.25. The highest BCUT2D eigenvalue weighted by atomic mass is 32.1. The van der Waals surface area contributed by atoms with Gasteiger partial charge >= 0.3 is 0 Å². The van der Waals surface area contributed by atoms with E-state index in [2.05, 4.69) is 27.4 Å². The Labute approximate surface area is 196 Å². The van der Waals surface area contributed by atoms with Crippen LogP contribution in [-0.4, -0.2) is 30.2 Å². The first-order chi connectivity index (χ1) is 16.3. The van der Waals surface area contributed by atoms with Crippen LogP contribution in [-0.2, 0) is 12.8 Å². The SMILES string of the molecule is Cc1nc2sc3c(c2c(=O)n1NC(=O)c1cnn2c(C(F)F)cc(C4CC4)nc12)CC[C@@H](C)C3. The maximum atomic E-state index is 13.7. The van der Waals surface area contributed by atoms with Gasteiger partial charge in [-0.25, -0.2) is 27.9 Å². The first kappa shape index (κ1) is 21.3. The summed E-state index contributed by atoms with van der Waals surface area (Å²) in [6.45, 7) is 3.85. The van der Waals surface area contributed by atoms with Gasteiger partial charge < -0.3 is 0 Å². The van der Waals surface area contributed by atoms with Gasteiger partial charge in [0.15, 0.2) is 5.65 Å². The number of aryl methyl sites for hydroxylation is 2. The molecule has 1 N–H and O–H groups in total. The normalized spacial score (nSPS) is 18.1. The summed E-state index contributed by atoms with van der Waals surface area (Å²) >= 11 is 1.54. The molecule has 1 fully saturated rings. The molecule has 0 radical (unpaired) electrons. The van der Waals surface area contributed by atoms with Gasteiger partial charge in [0.05, 0.1) is 11.6 Å². The Bertz CT molecular complexity index is 1530. The number of fused-ring (bicyclic) bond motifs is 4. The van der Waals surface area contributed by atoms with Gasteiger partial charge in [-0.05, 0) is 56.6 Å². The highest BCUT2D eigenvalue weighted by Crippen LogP contribution is 2.40. The third kappa shape index (κ3) is 3.32. The Hall–Kier alpha value is -3.21. The van der Waals surface area contributed by atoms with Crippen molar-refractivity contribution in [3.63, 3.8) is 0 Å². The molecule has 2 aliphatic carbocycles. The molecule has 0 bridgehead atoms. The molecule has 34 heavy (non-hydrogen) atoms. The number of thiophene rings is 1. The fourth-order valence-electron chi connectivity index (χ4n) is 4.69. The van der Waals surface area contributed by atoms with E-state index in [4.69, 9.17) is 0 Å². The molecule has 1 saturated carbocycles. The summed E-state index contributed by atoms with van der Waals surface area (Å²) in [6.07, 6.45) is 2.94. The van der Waals surface area contributed by atoms with Crippen LogP contribution in [0.2, 0.25) is 0 Å². The quantitative estimate of drug-likeness (QED) is 0.470. The standard InChI is InChI=1S/C23H22F2N6O2S/c1-10-3-6-13-17(7-10)34-22-18(13)23(33)30(11(2)27-22)29-21(32)14-9-26-31-16(19(24)25)8-15(12-4-5-12)28-20(14)31/h8-10,12,19H,3-7H2,1-2H3,(H,29,32)/t10-/m1/s1. The van der Waals surface area contributed by atoms with E-state index in [9.17, 15) is 18.4 Å². The molecule has 4 aromatic rings. The van der Waals surface area contributed by atoms with E-state index in [1.54, 1.807) is 18.3 Å². The highest BCUT2D eigenvalue weighted by Gasteiger charge is 2.30. The smallest absolute Gasteiger partial charge is 0.267 e. The van der Waals surface area contributed by atoms with Crippen LogP contribution in [0.3, 0.4) is 0 Å². The Morgan fingerprint density at radius 3 is 2.79 bits per heavy atom. The average Bonchev–Trinajstić information content (AvgIpc) is 3.46. The van der Waals surface area contributed by atoms with Crippen molar-refractivity contribution in [3.05, 3.63) is 55.8 Å². The van der Waals surface area contributed by atoms with Crippen LogP contribution in [0.4, 0.5) is 8.78 Å². The van der Waals surface area contributed by atoms with Crippen molar-refractivity contribution in [1.29, 1.82) is 0 Å². The van der Waals surface area contributed by atoms with Crippen LogP contribution in [0.25, 0.3) is 15.9 Å². The number of aromatic nitrogens is 5. The van der Waals surface area contributed by atoms with Gasteiger partial charge in [-0.1, -0.05) is 6.92 Å². The number of carbonyl (C=O) groups is 1. The van der Waals surface area contributed by atoms with E-state index in [0.717, 1.165) is 46.9 Å². The third-order valence-corrected chi connectivity index (χ3v) is 7.84. The zero-order valence-corrected chi connectivity index (χ0v) is 19.5. The number of rotatable bonds is 4. The van der Waals surface area contributed by atoms with Crippen molar-refractivity contribution < 1.29 is 13.6 Å². The minimum Gasteiger partial charge on any atom is -0.267 e. The number of nitrogens with zero attached hydrogens (tertiary/aromatic N) is 5. The number of carbonyl (C=O) groups excluding carboxylic acids is 1. The van der Waals surface area contributed by atoms with Gasteiger partial charge in [-0.15, -0.1) is 11.3 Å². The predicted octanol–water partition coefficient (Wildman–Crippen LogP) is 4.13. The van der Waals surface area contributed by atoms with Gasteiger partial charge in [0, 0.05) is 16.5 Å². The van der Waals surface area contributed by atoms with Crippen LogP contribution in [0.5, 0.6) is 0 Å². The van der Waals surface area contributed by atoms with Crippen molar-refractivity contribution in [2.24, 2.45) is 5.92 Å². The molecular formula is C23H22F2N6O2S. The van der Waals surface area contributed by atoms with Crippen molar-refractivity contribution in [2.75, 3.05) is 5.43 Å². The fraction of sp³-hybridized carbons (Fsp3) is 0.435. The van der Waals surface area contributed by atoms with Crippen molar-refractivity contribution in [3.8, 4) is 0 Å². The second kappa shape index (κ2) is 7.66.